The maximum atomic E-state index is 13.0. The first-order valence-corrected chi connectivity index (χ1v) is 12.3. The molecule has 14 heteroatoms. The van der Waals surface area contributed by atoms with Gasteiger partial charge in [0.05, 0.1) is 18.8 Å². The number of benzene rings is 2. The summed E-state index contributed by atoms with van der Waals surface area (Å²) < 4.78 is 22.3. The Labute approximate surface area is 225 Å². The van der Waals surface area contributed by atoms with Crippen molar-refractivity contribution in [3.8, 4) is 28.6 Å². The molecule has 2 saturated heterocycles. The Kier molecular flexibility index (Phi) is 7.71. The van der Waals surface area contributed by atoms with E-state index in [1.54, 1.807) is 0 Å². The largest absolute Gasteiger partial charge is 0.508 e. The number of hydrogen-bond donors (Lipinski definition) is 9. The van der Waals surface area contributed by atoms with E-state index in [2.05, 4.69) is 0 Å². The van der Waals surface area contributed by atoms with Gasteiger partial charge in [-0.2, -0.15) is 0 Å². The summed E-state index contributed by atoms with van der Waals surface area (Å²) in [6.45, 7) is -0.901. The summed E-state index contributed by atoms with van der Waals surface area (Å²) in [4.78, 5) is 13.0. The summed E-state index contributed by atoms with van der Waals surface area (Å²) in [5.41, 5.74) is -1.04. The van der Waals surface area contributed by atoms with E-state index in [9.17, 15) is 50.8 Å². The van der Waals surface area contributed by atoms with Gasteiger partial charge >= 0.3 is 0 Å². The molecule has 2 aromatic carbocycles. The summed E-state index contributed by atoms with van der Waals surface area (Å²) in [6, 6.07) is 7.54. The van der Waals surface area contributed by atoms with Crippen LogP contribution in [0.4, 0.5) is 0 Å². The van der Waals surface area contributed by atoms with Crippen molar-refractivity contribution in [2.45, 2.75) is 55.1 Å². The van der Waals surface area contributed by atoms with Crippen molar-refractivity contribution in [3.63, 3.8) is 0 Å². The highest BCUT2D eigenvalue weighted by molar-refractivity contribution is 5.89. The van der Waals surface area contributed by atoms with Gasteiger partial charge in [0.15, 0.2) is 17.3 Å². The standard InChI is InChI=1S/C26H28O14/c27-10-3-1-9(2-4-10)15-6-13(30)17-11(28)5-12(29)18(24(17)39-15)25-22(35)21(34)20(33)16(40-25)8-38-26-23(36)19(32)14(31)7-37-26/h1-6,14,16,19-23,25-29,31-36H,7-8H2. The molecule has 9 atom stereocenters. The first-order chi connectivity index (χ1) is 19.0. The van der Waals surface area contributed by atoms with E-state index in [0.717, 1.165) is 12.1 Å². The molecule has 0 spiro atoms. The average molecular weight is 564 g/mol. The first-order valence-electron chi connectivity index (χ1n) is 12.3. The zero-order valence-electron chi connectivity index (χ0n) is 20.6. The van der Waals surface area contributed by atoms with E-state index in [4.69, 9.17) is 18.6 Å². The van der Waals surface area contributed by atoms with Gasteiger partial charge in [0.2, 0.25) is 0 Å². The fourth-order valence-corrected chi connectivity index (χ4v) is 4.81. The molecule has 0 amide bonds. The molecule has 0 radical (unpaired) electrons. The van der Waals surface area contributed by atoms with Gasteiger partial charge in [0, 0.05) is 17.7 Å². The van der Waals surface area contributed by atoms with Gasteiger partial charge in [0.1, 0.15) is 77.2 Å². The van der Waals surface area contributed by atoms with Gasteiger partial charge in [0.25, 0.3) is 0 Å². The molecule has 14 nitrogen and oxygen atoms in total. The SMILES string of the molecule is O=c1cc(-c2ccc(O)cc2)oc2c(C3OC(COC4OCC(O)C(O)C4O)C(O)C(O)C3O)c(O)cc(O)c12. The lowest BCUT2D eigenvalue weighted by Gasteiger charge is -2.42. The number of hydrogen-bond acceptors (Lipinski definition) is 14. The molecule has 0 saturated carbocycles. The second-order valence-corrected chi connectivity index (χ2v) is 9.70. The van der Waals surface area contributed by atoms with Crippen molar-refractivity contribution in [1.82, 2.24) is 0 Å². The quantitative estimate of drug-likeness (QED) is 0.172. The minimum absolute atomic E-state index is 0.0151. The number of phenols is 3. The molecule has 1 aromatic heterocycles. The molecule has 2 aliphatic heterocycles. The second kappa shape index (κ2) is 10.9. The molecule has 2 aliphatic rings. The normalized spacial score (nSPS) is 32.8. The van der Waals surface area contributed by atoms with Crippen molar-refractivity contribution in [2.24, 2.45) is 0 Å². The number of fused-ring (bicyclic) bond motifs is 1. The topological polar surface area (TPSA) is 240 Å². The third-order valence-electron chi connectivity index (χ3n) is 7.03. The van der Waals surface area contributed by atoms with Crippen LogP contribution in [-0.2, 0) is 14.2 Å². The van der Waals surface area contributed by atoms with Crippen LogP contribution in [0.25, 0.3) is 22.3 Å². The van der Waals surface area contributed by atoms with Crippen molar-refractivity contribution >= 4 is 11.0 Å². The monoisotopic (exact) mass is 564 g/mol. The zero-order chi connectivity index (χ0) is 28.9. The molecule has 3 heterocycles. The highest BCUT2D eigenvalue weighted by atomic mass is 16.7. The Morgan fingerprint density at radius 3 is 2.23 bits per heavy atom. The van der Waals surface area contributed by atoms with Crippen LogP contribution in [0.2, 0.25) is 0 Å². The third-order valence-corrected chi connectivity index (χ3v) is 7.03. The fourth-order valence-electron chi connectivity index (χ4n) is 4.81. The Bertz CT molecular complexity index is 1420. The molecular formula is C26H28O14. The van der Waals surface area contributed by atoms with Crippen molar-refractivity contribution < 1.29 is 64.6 Å². The summed E-state index contributed by atoms with van der Waals surface area (Å²) in [5.74, 6) is -1.35. The van der Waals surface area contributed by atoms with Crippen LogP contribution in [0.3, 0.4) is 0 Å². The molecule has 3 aromatic rings. The van der Waals surface area contributed by atoms with Gasteiger partial charge in [-0.25, -0.2) is 0 Å². The Balaban J connectivity index is 1.51. The maximum Gasteiger partial charge on any atom is 0.197 e. The summed E-state index contributed by atoms with van der Waals surface area (Å²) in [6.07, 6.45) is -14.5. The van der Waals surface area contributed by atoms with Crippen molar-refractivity contribution in [1.29, 1.82) is 0 Å². The number of aromatic hydroxyl groups is 3. The predicted octanol–water partition coefficient (Wildman–Crippen LogP) is -1.44. The number of aliphatic hydroxyl groups is 6. The lowest BCUT2D eigenvalue weighted by molar-refractivity contribution is -0.291. The van der Waals surface area contributed by atoms with Gasteiger partial charge in [-0.15, -0.1) is 0 Å². The number of aliphatic hydroxyl groups excluding tert-OH is 6. The predicted molar refractivity (Wildman–Crippen MR) is 132 cm³/mol. The molecule has 5 rings (SSSR count). The zero-order valence-corrected chi connectivity index (χ0v) is 20.6. The maximum absolute atomic E-state index is 13.0. The van der Waals surface area contributed by atoms with Crippen LogP contribution in [0.1, 0.15) is 11.7 Å². The number of rotatable bonds is 5. The van der Waals surface area contributed by atoms with Crippen molar-refractivity contribution in [3.05, 3.63) is 52.2 Å². The second-order valence-electron chi connectivity index (χ2n) is 9.70. The molecular weight excluding hydrogens is 536 g/mol. The van der Waals surface area contributed by atoms with Crippen LogP contribution in [0.15, 0.2) is 45.6 Å². The van der Waals surface area contributed by atoms with E-state index >= 15 is 0 Å². The summed E-state index contributed by atoms with van der Waals surface area (Å²) >= 11 is 0. The van der Waals surface area contributed by atoms with Crippen molar-refractivity contribution in [2.75, 3.05) is 13.2 Å². The van der Waals surface area contributed by atoms with E-state index in [1.807, 2.05) is 0 Å². The third kappa shape index (κ3) is 5.01. The van der Waals surface area contributed by atoms with E-state index in [-0.39, 0.29) is 34.6 Å². The Hall–Kier alpha value is -3.31. The molecule has 0 bridgehead atoms. The number of phenolic OH excluding ortho intramolecular Hbond substituents is 3. The Morgan fingerprint density at radius 2 is 1.52 bits per heavy atom. The number of ether oxygens (including phenoxy) is 3. The summed E-state index contributed by atoms with van der Waals surface area (Å²) in [5, 5.41) is 92.0. The molecule has 2 fully saturated rings. The van der Waals surface area contributed by atoms with E-state index < -0.39 is 78.7 Å². The van der Waals surface area contributed by atoms with E-state index in [0.29, 0.717) is 5.56 Å². The van der Waals surface area contributed by atoms with Crippen LogP contribution in [0.5, 0.6) is 17.2 Å². The smallest absolute Gasteiger partial charge is 0.197 e. The minimum Gasteiger partial charge on any atom is -0.508 e. The molecule has 9 unspecified atom stereocenters. The van der Waals surface area contributed by atoms with Gasteiger partial charge in [-0.05, 0) is 24.3 Å². The van der Waals surface area contributed by atoms with Gasteiger partial charge < -0.3 is 64.6 Å². The average Bonchev–Trinajstić information content (AvgIpc) is 2.91. The van der Waals surface area contributed by atoms with E-state index in [1.165, 1.54) is 24.3 Å². The lowest BCUT2D eigenvalue weighted by Crippen LogP contribution is -2.57. The fraction of sp³-hybridized carbons (Fsp3) is 0.423. The van der Waals surface area contributed by atoms with Crippen LogP contribution in [0, 0.1) is 0 Å². The van der Waals surface area contributed by atoms with Crippen LogP contribution in [-0.4, -0.2) is 108 Å². The molecule has 9 N–H and O–H groups in total. The van der Waals surface area contributed by atoms with Gasteiger partial charge in [-0.3, -0.25) is 4.79 Å². The minimum atomic E-state index is -1.86. The molecule has 40 heavy (non-hydrogen) atoms. The lowest BCUT2D eigenvalue weighted by atomic mass is 9.89. The van der Waals surface area contributed by atoms with Crippen LogP contribution < -0.4 is 5.43 Å². The molecule has 216 valence electrons. The Morgan fingerprint density at radius 1 is 0.825 bits per heavy atom. The highest BCUT2D eigenvalue weighted by Gasteiger charge is 2.47. The van der Waals surface area contributed by atoms with Gasteiger partial charge in [-0.1, -0.05) is 0 Å². The first kappa shape index (κ1) is 28.2. The van der Waals surface area contributed by atoms with Crippen LogP contribution >= 0.6 is 0 Å². The summed E-state index contributed by atoms with van der Waals surface area (Å²) in [7, 11) is 0. The molecule has 0 aliphatic carbocycles. The highest BCUT2D eigenvalue weighted by Crippen LogP contribution is 2.44.